The molecule has 0 bridgehead atoms. The van der Waals surface area contributed by atoms with Gasteiger partial charge in [0.25, 0.3) is 0 Å². The van der Waals surface area contributed by atoms with Crippen LogP contribution in [0.25, 0.3) is 0 Å². The molecule has 1 fully saturated rings. The number of carbonyl (C=O) groups excluding carboxylic acids is 1. The zero-order valence-electron chi connectivity index (χ0n) is 11.0. The van der Waals surface area contributed by atoms with Gasteiger partial charge in [-0.1, -0.05) is 19.8 Å². The van der Waals surface area contributed by atoms with E-state index < -0.39 is 0 Å². The minimum Gasteiger partial charge on any atom is -0.467 e. The minimum absolute atomic E-state index is 0.0563. The van der Waals surface area contributed by atoms with Crippen LogP contribution in [0.1, 0.15) is 44.8 Å². The maximum Gasteiger partial charge on any atom is 0.240 e. The molecule has 100 valence electrons. The lowest BCUT2D eigenvalue weighted by atomic mass is 10.1. The van der Waals surface area contributed by atoms with Crippen LogP contribution in [-0.2, 0) is 11.3 Å². The molecular formula is C14H22N2O2. The van der Waals surface area contributed by atoms with Crippen LogP contribution in [0.4, 0.5) is 0 Å². The fourth-order valence-electron chi connectivity index (χ4n) is 2.56. The van der Waals surface area contributed by atoms with Crippen LogP contribution in [0.2, 0.25) is 0 Å². The molecule has 0 aromatic carbocycles. The second-order valence-corrected chi connectivity index (χ2v) is 5.00. The third-order valence-electron chi connectivity index (χ3n) is 3.71. The Labute approximate surface area is 108 Å². The number of carbonyl (C=O) groups is 1. The smallest absolute Gasteiger partial charge is 0.240 e. The summed E-state index contributed by atoms with van der Waals surface area (Å²) in [6, 6.07) is 3.71. The normalized spacial score (nSPS) is 17.9. The van der Waals surface area contributed by atoms with Gasteiger partial charge in [0.15, 0.2) is 0 Å². The van der Waals surface area contributed by atoms with E-state index in [4.69, 9.17) is 10.2 Å². The molecule has 0 aliphatic heterocycles. The quantitative estimate of drug-likeness (QED) is 0.872. The maximum atomic E-state index is 12.3. The summed E-state index contributed by atoms with van der Waals surface area (Å²) < 4.78 is 5.35. The predicted molar refractivity (Wildman–Crippen MR) is 69.8 cm³/mol. The molecule has 18 heavy (non-hydrogen) atoms. The molecule has 1 aliphatic carbocycles. The number of nitrogens with two attached hydrogens (primary N) is 1. The summed E-state index contributed by atoms with van der Waals surface area (Å²) in [4.78, 5) is 14.3. The monoisotopic (exact) mass is 250 g/mol. The molecule has 2 N–H and O–H groups in total. The van der Waals surface area contributed by atoms with Crippen molar-refractivity contribution in [2.24, 2.45) is 5.73 Å². The van der Waals surface area contributed by atoms with Gasteiger partial charge in [0.05, 0.1) is 18.8 Å². The number of rotatable bonds is 5. The topological polar surface area (TPSA) is 59.5 Å². The van der Waals surface area contributed by atoms with Crippen molar-refractivity contribution < 1.29 is 9.21 Å². The average molecular weight is 250 g/mol. The van der Waals surface area contributed by atoms with Gasteiger partial charge in [-0.2, -0.15) is 0 Å². The molecule has 0 saturated heterocycles. The zero-order chi connectivity index (χ0) is 13.0. The van der Waals surface area contributed by atoms with Gasteiger partial charge in [0.2, 0.25) is 5.91 Å². The molecule has 1 amide bonds. The van der Waals surface area contributed by atoms with E-state index in [2.05, 4.69) is 0 Å². The third-order valence-corrected chi connectivity index (χ3v) is 3.71. The molecule has 1 aromatic heterocycles. The summed E-state index contributed by atoms with van der Waals surface area (Å²) in [6.07, 6.45) is 6.90. The Bertz CT molecular complexity index is 369. The van der Waals surface area contributed by atoms with Crippen molar-refractivity contribution in [1.82, 2.24) is 4.90 Å². The Balaban J connectivity index is 2.09. The number of hydrogen-bond donors (Lipinski definition) is 1. The predicted octanol–water partition coefficient (Wildman–Crippen LogP) is 2.29. The Kier molecular flexibility index (Phi) is 4.42. The van der Waals surface area contributed by atoms with Gasteiger partial charge in [0.1, 0.15) is 5.76 Å². The highest BCUT2D eigenvalue weighted by Crippen LogP contribution is 2.25. The van der Waals surface area contributed by atoms with Gasteiger partial charge in [-0.25, -0.2) is 0 Å². The van der Waals surface area contributed by atoms with E-state index in [1.54, 1.807) is 6.26 Å². The van der Waals surface area contributed by atoms with Gasteiger partial charge < -0.3 is 15.1 Å². The number of hydrogen-bond acceptors (Lipinski definition) is 3. The Morgan fingerprint density at radius 1 is 1.56 bits per heavy atom. The highest BCUT2D eigenvalue weighted by molar-refractivity contribution is 5.81. The fraction of sp³-hybridized carbons (Fsp3) is 0.643. The van der Waals surface area contributed by atoms with E-state index in [0.29, 0.717) is 19.0 Å². The highest BCUT2D eigenvalue weighted by atomic mass is 16.3. The lowest BCUT2D eigenvalue weighted by Gasteiger charge is -2.30. The Morgan fingerprint density at radius 2 is 2.28 bits per heavy atom. The molecule has 4 nitrogen and oxygen atoms in total. The third kappa shape index (κ3) is 2.93. The molecule has 1 saturated carbocycles. The Hall–Kier alpha value is -1.29. The first-order chi connectivity index (χ1) is 8.72. The van der Waals surface area contributed by atoms with Crippen molar-refractivity contribution in [3.8, 4) is 0 Å². The van der Waals surface area contributed by atoms with Crippen molar-refractivity contribution in [1.29, 1.82) is 0 Å². The van der Waals surface area contributed by atoms with Crippen molar-refractivity contribution in [2.45, 2.75) is 57.7 Å². The van der Waals surface area contributed by atoms with Crippen molar-refractivity contribution >= 4 is 5.91 Å². The number of amides is 1. The number of furan rings is 1. The lowest BCUT2D eigenvalue weighted by Crippen LogP contribution is -2.47. The van der Waals surface area contributed by atoms with E-state index in [-0.39, 0.29) is 11.9 Å². The molecule has 1 atom stereocenters. The summed E-state index contributed by atoms with van der Waals surface area (Å²) >= 11 is 0. The summed E-state index contributed by atoms with van der Waals surface area (Å²) in [5.74, 6) is 0.888. The standard InChI is InChI=1S/C14H22N2O2/c1-2-13(15)14(17)16(11-6-3-4-7-11)10-12-8-5-9-18-12/h5,8-9,11,13H,2-4,6-7,10,15H2,1H3/t13-/m1/s1. The van der Waals surface area contributed by atoms with E-state index in [1.165, 1.54) is 12.8 Å². The van der Waals surface area contributed by atoms with Crippen molar-refractivity contribution in [3.05, 3.63) is 24.2 Å². The summed E-state index contributed by atoms with van der Waals surface area (Å²) in [5, 5.41) is 0. The largest absolute Gasteiger partial charge is 0.467 e. The van der Waals surface area contributed by atoms with Crippen molar-refractivity contribution in [2.75, 3.05) is 0 Å². The van der Waals surface area contributed by atoms with Gasteiger partial charge in [-0.05, 0) is 31.4 Å². The van der Waals surface area contributed by atoms with Crippen LogP contribution >= 0.6 is 0 Å². The van der Waals surface area contributed by atoms with Crippen LogP contribution in [0.3, 0.4) is 0 Å². The van der Waals surface area contributed by atoms with Gasteiger partial charge in [-0.15, -0.1) is 0 Å². The molecule has 2 rings (SSSR count). The zero-order valence-corrected chi connectivity index (χ0v) is 11.0. The molecule has 1 heterocycles. The van der Waals surface area contributed by atoms with Crippen LogP contribution in [0, 0.1) is 0 Å². The van der Waals surface area contributed by atoms with Gasteiger partial charge >= 0.3 is 0 Å². The lowest BCUT2D eigenvalue weighted by molar-refractivity contribution is -0.136. The van der Waals surface area contributed by atoms with Gasteiger partial charge in [-0.3, -0.25) is 4.79 Å². The second kappa shape index (κ2) is 6.05. The molecule has 1 aliphatic rings. The minimum atomic E-state index is -0.388. The molecular weight excluding hydrogens is 228 g/mol. The van der Waals surface area contributed by atoms with Crippen LogP contribution in [0.15, 0.2) is 22.8 Å². The summed E-state index contributed by atoms with van der Waals surface area (Å²) in [5.41, 5.74) is 5.89. The van der Waals surface area contributed by atoms with Gasteiger partial charge in [0, 0.05) is 6.04 Å². The second-order valence-electron chi connectivity index (χ2n) is 5.00. The Morgan fingerprint density at radius 3 is 2.83 bits per heavy atom. The number of nitrogens with zero attached hydrogens (tertiary/aromatic N) is 1. The first kappa shape index (κ1) is 13.1. The van der Waals surface area contributed by atoms with Crippen molar-refractivity contribution in [3.63, 3.8) is 0 Å². The van der Waals surface area contributed by atoms with Crippen LogP contribution in [0.5, 0.6) is 0 Å². The van der Waals surface area contributed by atoms with E-state index in [1.807, 2.05) is 24.0 Å². The molecule has 1 aromatic rings. The van der Waals surface area contributed by atoms with E-state index in [9.17, 15) is 4.79 Å². The molecule has 4 heteroatoms. The van der Waals surface area contributed by atoms with E-state index >= 15 is 0 Å². The van der Waals surface area contributed by atoms with Crippen LogP contribution < -0.4 is 5.73 Å². The molecule has 0 radical (unpaired) electrons. The van der Waals surface area contributed by atoms with E-state index in [0.717, 1.165) is 18.6 Å². The summed E-state index contributed by atoms with van der Waals surface area (Å²) in [6.45, 7) is 2.49. The highest BCUT2D eigenvalue weighted by Gasteiger charge is 2.29. The van der Waals surface area contributed by atoms with Crippen LogP contribution in [-0.4, -0.2) is 22.9 Å². The molecule has 0 spiro atoms. The molecule has 0 unspecified atom stereocenters. The maximum absolute atomic E-state index is 12.3. The average Bonchev–Trinajstić information content (AvgIpc) is 3.06. The first-order valence-corrected chi connectivity index (χ1v) is 6.80. The summed E-state index contributed by atoms with van der Waals surface area (Å²) in [7, 11) is 0. The SMILES string of the molecule is CC[C@@H](N)C(=O)N(Cc1ccco1)C1CCCC1. The first-order valence-electron chi connectivity index (χ1n) is 6.80. The fourth-order valence-corrected chi connectivity index (χ4v) is 2.56.